The molecule has 3 aliphatic rings. The van der Waals surface area contributed by atoms with Gasteiger partial charge in [-0.15, -0.1) is 13.2 Å². The zero-order valence-corrected chi connectivity index (χ0v) is 27.6. The Balaban J connectivity index is 0.000000318. The molecule has 6 rings (SSSR count). The van der Waals surface area contributed by atoms with E-state index in [9.17, 15) is 27.6 Å². The van der Waals surface area contributed by atoms with Gasteiger partial charge in [-0.05, 0) is 141 Å². The van der Waals surface area contributed by atoms with Crippen LogP contribution >= 0.6 is 0 Å². The molecule has 3 aromatic rings. The van der Waals surface area contributed by atoms with Gasteiger partial charge in [-0.25, -0.2) is 4.39 Å². The molecule has 254 valence electrons. The van der Waals surface area contributed by atoms with Crippen molar-refractivity contribution in [2.45, 2.75) is 77.0 Å². The number of rotatable bonds is 8. The molecule has 3 atom stereocenters. The molecule has 3 fully saturated rings. The minimum Gasteiger partial charge on any atom is -0.406 e. The highest BCUT2D eigenvalue weighted by Crippen LogP contribution is 2.64. The molecule has 1 saturated heterocycles. The topological polar surface area (TPSA) is 65.4 Å². The Morgan fingerprint density at radius 2 is 1.75 bits per heavy atom. The minimum absolute atomic E-state index is 0.134. The second-order valence-corrected chi connectivity index (χ2v) is 13.6. The van der Waals surface area contributed by atoms with E-state index < -0.39 is 6.36 Å². The van der Waals surface area contributed by atoms with Crippen molar-refractivity contribution in [3.63, 3.8) is 0 Å². The molecule has 0 spiro atoms. The number of hydrogen-bond donors (Lipinski definition) is 1. The lowest BCUT2D eigenvalue weighted by atomic mass is 9.75. The molecule has 0 bridgehead atoms. The van der Waals surface area contributed by atoms with E-state index in [0.717, 1.165) is 41.6 Å². The summed E-state index contributed by atoms with van der Waals surface area (Å²) in [6.45, 7) is 8.67. The van der Waals surface area contributed by atoms with E-state index in [1.165, 1.54) is 74.4 Å². The molecular formula is C39H43F4N3O2. The van der Waals surface area contributed by atoms with Gasteiger partial charge in [0.25, 0.3) is 5.91 Å². The van der Waals surface area contributed by atoms with Gasteiger partial charge < -0.3 is 15.0 Å². The molecule has 48 heavy (non-hydrogen) atoms. The first kappa shape index (κ1) is 35.0. The fourth-order valence-electron chi connectivity index (χ4n) is 7.48. The summed E-state index contributed by atoms with van der Waals surface area (Å²) < 4.78 is 53.7. The molecule has 1 aliphatic heterocycles. The van der Waals surface area contributed by atoms with E-state index >= 15 is 0 Å². The summed E-state index contributed by atoms with van der Waals surface area (Å²) in [5.74, 6) is 1.50. The lowest BCUT2D eigenvalue weighted by Crippen LogP contribution is -2.38. The van der Waals surface area contributed by atoms with Gasteiger partial charge in [0.15, 0.2) is 0 Å². The van der Waals surface area contributed by atoms with Gasteiger partial charge in [-0.2, -0.15) is 5.26 Å². The number of nitrogens with zero attached hydrogens (tertiary/aromatic N) is 2. The second-order valence-electron chi connectivity index (χ2n) is 13.6. The Kier molecular flexibility index (Phi) is 10.8. The molecule has 9 heteroatoms. The number of piperidine rings is 1. The van der Waals surface area contributed by atoms with E-state index in [1.54, 1.807) is 19.1 Å². The lowest BCUT2D eigenvalue weighted by molar-refractivity contribution is -0.274. The number of nitrogens with one attached hydrogen (secondary N) is 1. The largest absolute Gasteiger partial charge is 0.573 e. The SMILES string of the molecule is C=C(C)Nc1ccc(F)c(C)c1.N#Cc1cccc(C23CCC(CCC4CCN(C(=O)c5ccc(OC(F)(F)F)cc5)CC4)CC2C3)c1. The van der Waals surface area contributed by atoms with Crippen molar-refractivity contribution in [3.8, 4) is 11.8 Å². The van der Waals surface area contributed by atoms with Crippen molar-refractivity contribution in [1.29, 1.82) is 5.26 Å². The molecule has 0 radical (unpaired) electrons. The molecule has 2 aliphatic carbocycles. The minimum atomic E-state index is -4.74. The van der Waals surface area contributed by atoms with E-state index in [-0.39, 0.29) is 17.5 Å². The van der Waals surface area contributed by atoms with E-state index in [0.29, 0.717) is 35.5 Å². The number of alkyl halides is 3. The van der Waals surface area contributed by atoms with E-state index in [4.69, 9.17) is 0 Å². The van der Waals surface area contributed by atoms with Gasteiger partial charge >= 0.3 is 6.36 Å². The maximum atomic E-state index is 12.8. The van der Waals surface area contributed by atoms with E-state index in [2.05, 4.69) is 34.8 Å². The Morgan fingerprint density at radius 1 is 1.04 bits per heavy atom. The number of fused-ring (bicyclic) bond motifs is 1. The summed E-state index contributed by atoms with van der Waals surface area (Å²) in [6, 6.07) is 20.5. The molecule has 2 saturated carbocycles. The summed E-state index contributed by atoms with van der Waals surface area (Å²) in [5, 5.41) is 12.2. The number of carbonyl (C=O) groups is 1. The molecule has 1 heterocycles. The molecule has 3 unspecified atom stereocenters. The van der Waals surface area contributed by atoms with Crippen LogP contribution in [0.25, 0.3) is 0 Å². The molecule has 1 N–H and O–H groups in total. The summed E-state index contributed by atoms with van der Waals surface area (Å²) in [4.78, 5) is 14.6. The van der Waals surface area contributed by atoms with E-state index in [1.807, 2.05) is 24.0 Å². The lowest BCUT2D eigenvalue weighted by Gasteiger charge is -2.34. The number of allylic oxidation sites excluding steroid dienone is 1. The van der Waals surface area contributed by atoms with Crippen LogP contribution in [-0.2, 0) is 5.41 Å². The van der Waals surface area contributed by atoms with Crippen molar-refractivity contribution < 1.29 is 27.1 Å². The average molecular weight is 662 g/mol. The predicted octanol–water partition coefficient (Wildman–Crippen LogP) is 9.93. The first-order valence-electron chi connectivity index (χ1n) is 16.7. The fourth-order valence-corrected chi connectivity index (χ4v) is 7.48. The van der Waals surface area contributed by atoms with Crippen LogP contribution in [0, 0.1) is 41.8 Å². The van der Waals surface area contributed by atoms with Crippen molar-refractivity contribution in [2.75, 3.05) is 18.4 Å². The zero-order chi connectivity index (χ0) is 34.5. The summed E-state index contributed by atoms with van der Waals surface area (Å²) in [5.41, 5.74) is 5.17. The molecule has 5 nitrogen and oxygen atoms in total. The van der Waals surface area contributed by atoms with Gasteiger partial charge in [0.05, 0.1) is 11.6 Å². The monoisotopic (exact) mass is 661 g/mol. The molecule has 3 aromatic carbocycles. The highest BCUT2D eigenvalue weighted by Gasteiger charge is 2.57. The predicted molar refractivity (Wildman–Crippen MR) is 179 cm³/mol. The third-order valence-corrected chi connectivity index (χ3v) is 10.2. The molecule has 1 amide bonds. The number of amides is 1. The normalized spacial score (nSPS) is 22.0. The first-order valence-corrected chi connectivity index (χ1v) is 16.7. The van der Waals surface area contributed by atoms with Crippen molar-refractivity contribution in [1.82, 2.24) is 4.90 Å². The third-order valence-electron chi connectivity index (χ3n) is 10.2. The second kappa shape index (κ2) is 14.8. The standard InChI is InChI=1S/C29H31F3N2O2.C10H12FN/c30-29(31,32)36-26-8-6-23(7-9-26)27(35)34-14-11-20(12-15-34)4-5-21-10-13-28(18-25(28)16-21)24-3-1-2-22(17-24)19-33;1-7(2)12-9-4-5-10(11)8(3)6-9/h1-3,6-9,17,20-21,25H,4-5,10-16,18H2;4-6,12H,1H2,2-3H3. The highest BCUT2D eigenvalue weighted by molar-refractivity contribution is 5.94. The van der Waals surface area contributed by atoms with Crippen LogP contribution in [0.15, 0.2) is 79.0 Å². The van der Waals surface area contributed by atoms with Gasteiger partial charge in [0, 0.05) is 30.0 Å². The van der Waals surface area contributed by atoms with Crippen LogP contribution in [0.3, 0.4) is 0 Å². The maximum Gasteiger partial charge on any atom is 0.573 e. The Morgan fingerprint density at radius 3 is 2.38 bits per heavy atom. The van der Waals surface area contributed by atoms with Gasteiger partial charge in [-0.3, -0.25) is 4.79 Å². The Bertz CT molecular complexity index is 1640. The van der Waals surface area contributed by atoms with Crippen LogP contribution in [0.5, 0.6) is 5.75 Å². The van der Waals surface area contributed by atoms with Gasteiger partial charge in [-0.1, -0.05) is 31.6 Å². The number of halogens is 4. The summed E-state index contributed by atoms with van der Waals surface area (Å²) in [7, 11) is 0. The Hall–Kier alpha value is -4.32. The average Bonchev–Trinajstić information content (AvgIpc) is 3.80. The zero-order valence-electron chi connectivity index (χ0n) is 27.6. The van der Waals surface area contributed by atoms with Crippen LogP contribution in [0.4, 0.5) is 23.2 Å². The van der Waals surface area contributed by atoms with Crippen LogP contribution in [0.1, 0.15) is 85.3 Å². The number of ether oxygens (including phenoxy) is 1. The number of nitriles is 1. The van der Waals surface area contributed by atoms with Crippen molar-refractivity contribution in [2.24, 2.45) is 17.8 Å². The first-order chi connectivity index (χ1) is 22.8. The molecule has 0 aromatic heterocycles. The van der Waals surface area contributed by atoms with Crippen molar-refractivity contribution >= 4 is 11.6 Å². The van der Waals surface area contributed by atoms with Crippen LogP contribution in [-0.4, -0.2) is 30.3 Å². The quantitative estimate of drug-likeness (QED) is 0.244. The number of anilines is 1. The van der Waals surface area contributed by atoms with Crippen LogP contribution in [0.2, 0.25) is 0 Å². The number of likely N-dealkylation sites (tertiary alicyclic amines) is 1. The number of hydrogen-bond acceptors (Lipinski definition) is 4. The molecular weight excluding hydrogens is 618 g/mol. The highest BCUT2D eigenvalue weighted by atomic mass is 19.4. The smallest absolute Gasteiger partial charge is 0.406 e. The van der Waals surface area contributed by atoms with Gasteiger partial charge in [0.2, 0.25) is 0 Å². The number of benzene rings is 3. The fraction of sp³-hybridized carbons (Fsp3) is 0.436. The summed E-state index contributed by atoms with van der Waals surface area (Å²) in [6.07, 6.45) is 4.64. The van der Waals surface area contributed by atoms with Crippen molar-refractivity contribution in [3.05, 3.63) is 107 Å². The summed E-state index contributed by atoms with van der Waals surface area (Å²) >= 11 is 0. The third kappa shape index (κ3) is 8.97. The number of aryl methyl sites for hydroxylation is 1. The maximum absolute atomic E-state index is 12.8. The Labute approximate surface area is 280 Å². The van der Waals surface area contributed by atoms with Crippen LogP contribution < -0.4 is 10.1 Å². The van der Waals surface area contributed by atoms with Gasteiger partial charge in [0.1, 0.15) is 11.6 Å². The number of carbonyl (C=O) groups excluding carboxylic acids is 1.